The van der Waals surface area contributed by atoms with E-state index in [-0.39, 0.29) is 12.2 Å². The topological polar surface area (TPSA) is 87.1 Å². The third kappa shape index (κ3) is 5.31. The number of piperidine rings is 1. The Labute approximate surface area is 193 Å². The molecule has 7 nitrogen and oxygen atoms in total. The Hall–Kier alpha value is -3.03. The van der Waals surface area contributed by atoms with Gasteiger partial charge in [-0.25, -0.2) is 9.59 Å². The van der Waals surface area contributed by atoms with Crippen LogP contribution in [0.4, 0.5) is 0 Å². The van der Waals surface area contributed by atoms with Crippen LogP contribution >= 0.6 is 0 Å². The predicted octanol–water partition coefficient (Wildman–Crippen LogP) is 3.37. The molecule has 0 amide bonds. The number of carbonyl (C=O) groups excluding carboxylic acids is 2. The number of Topliss-reactive ketones (excluding diaryl/α,β-unsaturated/α-hetero) is 1. The molecule has 1 N–H and O–H groups in total. The minimum atomic E-state index is -1.22. The molecule has 2 saturated heterocycles. The summed E-state index contributed by atoms with van der Waals surface area (Å²) in [5, 5.41) is 12.5. The monoisotopic (exact) mass is 450 g/mol. The molecule has 0 aromatic heterocycles. The molecule has 0 radical (unpaired) electrons. The van der Waals surface area contributed by atoms with Gasteiger partial charge in [0.2, 0.25) is 0 Å². The summed E-state index contributed by atoms with van der Waals surface area (Å²) in [5.41, 5.74) is 0.00762. The maximum absolute atomic E-state index is 14.0. The number of ketones is 1. The van der Waals surface area contributed by atoms with Crippen LogP contribution in [0.2, 0.25) is 0 Å². The van der Waals surface area contributed by atoms with Crippen LogP contribution in [0.25, 0.3) is 10.8 Å². The quantitative estimate of drug-likeness (QED) is 0.617. The number of carboxylic acids is 1. The number of fused-ring (bicyclic) bond motifs is 1. The molecular weight excluding hydrogens is 420 g/mol. The molecule has 2 aromatic rings. The maximum Gasteiger partial charge on any atom is 0.349 e. The Morgan fingerprint density at radius 1 is 0.939 bits per heavy atom. The second-order valence-electron chi connectivity index (χ2n) is 8.89. The molecule has 0 spiro atoms. The van der Waals surface area contributed by atoms with Gasteiger partial charge >= 0.3 is 11.9 Å². The van der Waals surface area contributed by atoms with E-state index in [4.69, 9.17) is 9.94 Å². The van der Waals surface area contributed by atoms with Crippen LogP contribution in [-0.2, 0) is 25.6 Å². The number of benzene rings is 2. The van der Waals surface area contributed by atoms with Crippen molar-refractivity contribution >= 4 is 28.5 Å². The van der Waals surface area contributed by atoms with Gasteiger partial charge in [-0.1, -0.05) is 42.5 Å². The van der Waals surface area contributed by atoms with Crippen LogP contribution in [0.5, 0.6) is 0 Å². The first-order valence-corrected chi connectivity index (χ1v) is 11.6. The van der Waals surface area contributed by atoms with Gasteiger partial charge in [0.25, 0.3) is 0 Å². The van der Waals surface area contributed by atoms with Crippen LogP contribution in [0.15, 0.2) is 54.6 Å². The molecule has 0 aliphatic carbocycles. The van der Waals surface area contributed by atoms with E-state index in [1.807, 2.05) is 42.5 Å². The summed E-state index contributed by atoms with van der Waals surface area (Å²) >= 11 is 0. The Bertz CT molecular complexity index is 1050. The van der Waals surface area contributed by atoms with Crippen LogP contribution < -0.4 is 0 Å². The highest BCUT2D eigenvalue weighted by Crippen LogP contribution is 2.34. The Balaban J connectivity index is 1.64. The second-order valence-corrected chi connectivity index (χ2v) is 8.89. The molecule has 33 heavy (non-hydrogen) atoms. The highest BCUT2D eigenvalue weighted by Gasteiger charge is 2.48. The molecule has 0 bridgehead atoms. The molecule has 7 heteroatoms. The molecule has 174 valence electrons. The van der Waals surface area contributed by atoms with Gasteiger partial charge < -0.3 is 14.8 Å². The summed E-state index contributed by atoms with van der Waals surface area (Å²) in [5.74, 6) is -1.97. The summed E-state index contributed by atoms with van der Waals surface area (Å²) in [6.45, 7) is 2.79. The van der Waals surface area contributed by atoms with E-state index < -0.39 is 17.5 Å². The van der Waals surface area contributed by atoms with Crippen LogP contribution in [0.1, 0.15) is 37.7 Å². The largest absolute Gasteiger partial charge is 0.478 e. The summed E-state index contributed by atoms with van der Waals surface area (Å²) < 4.78 is 0. The van der Waals surface area contributed by atoms with Crippen molar-refractivity contribution in [2.24, 2.45) is 0 Å². The Kier molecular flexibility index (Phi) is 7.20. The van der Waals surface area contributed by atoms with E-state index in [1.54, 1.807) is 0 Å². The van der Waals surface area contributed by atoms with Crippen molar-refractivity contribution < 1.29 is 24.3 Å². The molecule has 2 heterocycles. The van der Waals surface area contributed by atoms with Crippen molar-refractivity contribution in [2.45, 2.75) is 44.1 Å². The van der Waals surface area contributed by atoms with Gasteiger partial charge in [0.05, 0.1) is 0 Å². The molecular formula is C26H30N2O5. The molecule has 2 aliphatic rings. The average Bonchev–Trinajstić information content (AvgIpc) is 3.32. The van der Waals surface area contributed by atoms with Gasteiger partial charge in [-0.15, -0.1) is 5.06 Å². The maximum atomic E-state index is 14.0. The first kappa shape index (κ1) is 23.1. The number of rotatable bonds is 8. The zero-order valence-corrected chi connectivity index (χ0v) is 18.7. The fourth-order valence-corrected chi connectivity index (χ4v) is 5.04. The second kappa shape index (κ2) is 10.3. The SMILES string of the molecule is O=C(O)/C=C\C(=O)ON1CCCCC1(CN1CCCC1)C(=O)Cc1cccc2ccccc12. The predicted molar refractivity (Wildman–Crippen MR) is 124 cm³/mol. The molecule has 1 atom stereocenters. The van der Waals surface area contributed by atoms with Crippen molar-refractivity contribution in [1.29, 1.82) is 0 Å². The lowest BCUT2D eigenvalue weighted by Gasteiger charge is -2.45. The van der Waals surface area contributed by atoms with Gasteiger partial charge in [0, 0.05) is 31.7 Å². The zero-order valence-electron chi connectivity index (χ0n) is 18.7. The third-order valence-electron chi connectivity index (χ3n) is 6.67. The van der Waals surface area contributed by atoms with E-state index in [0.717, 1.165) is 67.3 Å². The van der Waals surface area contributed by atoms with Gasteiger partial charge in [-0.3, -0.25) is 4.79 Å². The van der Waals surface area contributed by atoms with Gasteiger partial charge in [0.15, 0.2) is 5.78 Å². The lowest BCUT2D eigenvalue weighted by atomic mass is 9.81. The fourth-order valence-electron chi connectivity index (χ4n) is 5.04. The van der Waals surface area contributed by atoms with Crippen molar-refractivity contribution in [3.8, 4) is 0 Å². The lowest BCUT2D eigenvalue weighted by Crippen LogP contribution is -2.63. The van der Waals surface area contributed by atoms with E-state index in [1.165, 1.54) is 5.06 Å². The molecule has 2 aromatic carbocycles. The van der Waals surface area contributed by atoms with Crippen molar-refractivity contribution in [3.63, 3.8) is 0 Å². The summed E-state index contributed by atoms with van der Waals surface area (Å²) in [6.07, 6.45) is 6.35. The number of hydroxylamine groups is 2. The minimum Gasteiger partial charge on any atom is -0.478 e. The summed E-state index contributed by atoms with van der Waals surface area (Å²) in [6, 6.07) is 14.0. The lowest BCUT2D eigenvalue weighted by molar-refractivity contribution is -0.226. The van der Waals surface area contributed by atoms with Gasteiger partial charge in [0.1, 0.15) is 5.54 Å². The Morgan fingerprint density at radius 2 is 1.67 bits per heavy atom. The Morgan fingerprint density at radius 3 is 2.45 bits per heavy atom. The van der Waals surface area contributed by atoms with Crippen molar-refractivity contribution in [1.82, 2.24) is 9.96 Å². The number of hydrogen-bond acceptors (Lipinski definition) is 6. The molecule has 1 unspecified atom stereocenters. The highest BCUT2D eigenvalue weighted by molar-refractivity contribution is 5.96. The van der Waals surface area contributed by atoms with Crippen molar-refractivity contribution in [3.05, 3.63) is 60.2 Å². The summed E-state index contributed by atoms with van der Waals surface area (Å²) in [7, 11) is 0. The van der Waals surface area contributed by atoms with E-state index in [0.29, 0.717) is 19.5 Å². The van der Waals surface area contributed by atoms with Crippen LogP contribution in [0.3, 0.4) is 0 Å². The highest BCUT2D eigenvalue weighted by atomic mass is 16.7. The van der Waals surface area contributed by atoms with Gasteiger partial charge in [-0.05, 0) is 61.5 Å². The zero-order chi connectivity index (χ0) is 23.3. The summed E-state index contributed by atoms with van der Waals surface area (Å²) in [4.78, 5) is 45.1. The standard InChI is InChI=1S/C26H30N2O5/c29-23(18-21-10-7-9-20-8-1-2-11-22(20)21)26(19-27-15-5-6-16-27)14-3-4-17-28(26)33-25(32)13-12-24(30)31/h1-2,7-13H,3-6,14-19H2,(H,30,31)/b13-12-. The number of likely N-dealkylation sites (tertiary alicyclic amines) is 1. The molecule has 4 rings (SSSR count). The normalized spacial score (nSPS) is 22.1. The van der Waals surface area contributed by atoms with Crippen LogP contribution in [0, 0.1) is 0 Å². The minimum absolute atomic E-state index is 0.0282. The smallest absolute Gasteiger partial charge is 0.349 e. The molecule has 0 saturated carbocycles. The first-order chi connectivity index (χ1) is 16.0. The van der Waals surface area contributed by atoms with E-state index in [2.05, 4.69) is 4.90 Å². The van der Waals surface area contributed by atoms with Crippen molar-refractivity contribution in [2.75, 3.05) is 26.2 Å². The van der Waals surface area contributed by atoms with E-state index in [9.17, 15) is 14.4 Å². The number of nitrogens with zero attached hydrogens (tertiary/aromatic N) is 2. The number of carbonyl (C=O) groups is 3. The number of carboxylic acid groups (broad SMARTS) is 1. The fraction of sp³-hybridized carbons (Fsp3) is 0.423. The number of hydrogen-bond donors (Lipinski definition) is 1. The average molecular weight is 451 g/mol. The number of aliphatic carboxylic acids is 1. The first-order valence-electron chi connectivity index (χ1n) is 11.6. The van der Waals surface area contributed by atoms with E-state index >= 15 is 0 Å². The van der Waals surface area contributed by atoms with Gasteiger partial charge in [-0.2, -0.15) is 0 Å². The molecule has 2 aliphatic heterocycles. The third-order valence-corrected chi connectivity index (χ3v) is 6.67. The molecule has 2 fully saturated rings. The van der Waals surface area contributed by atoms with Crippen LogP contribution in [-0.4, -0.2) is 64.5 Å².